The maximum absolute atomic E-state index is 12.7. The maximum Gasteiger partial charge on any atom is 0.341 e. The zero-order chi connectivity index (χ0) is 20.7. The van der Waals surface area contributed by atoms with Gasteiger partial charge in [0.25, 0.3) is 5.91 Å². The summed E-state index contributed by atoms with van der Waals surface area (Å²) in [5.41, 5.74) is 1.61. The van der Waals surface area contributed by atoms with E-state index in [2.05, 4.69) is 5.32 Å². The molecule has 0 fully saturated rings. The summed E-state index contributed by atoms with van der Waals surface area (Å²) < 4.78 is 10.6. The van der Waals surface area contributed by atoms with Gasteiger partial charge in [0.05, 0.1) is 18.8 Å². The molecule has 6 nitrogen and oxygen atoms in total. The van der Waals surface area contributed by atoms with Crippen molar-refractivity contribution in [2.75, 3.05) is 18.5 Å². The van der Waals surface area contributed by atoms with Crippen LogP contribution in [0.1, 0.15) is 40.2 Å². The van der Waals surface area contributed by atoms with E-state index in [-0.39, 0.29) is 12.2 Å². The predicted octanol–water partition coefficient (Wildman–Crippen LogP) is 4.49. The van der Waals surface area contributed by atoms with Crippen molar-refractivity contribution in [3.05, 3.63) is 51.4 Å². The quantitative estimate of drug-likeness (QED) is 0.422. The summed E-state index contributed by atoms with van der Waals surface area (Å²) in [4.78, 5) is 25.8. The van der Waals surface area contributed by atoms with Gasteiger partial charge in [0.1, 0.15) is 22.4 Å². The van der Waals surface area contributed by atoms with Crippen LogP contribution in [0.2, 0.25) is 0 Å². The van der Waals surface area contributed by atoms with E-state index in [1.807, 2.05) is 26.0 Å². The number of anilines is 1. The third kappa shape index (κ3) is 4.78. The van der Waals surface area contributed by atoms with Crippen LogP contribution < -0.4 is 10.1 Å². The van der Waals surface area contributed by atoms with E-state index in [0.717, 1.165) is 10.4 Å². The summed E-state index contributed by atoms with van der Waals surface area (Å²) in [6.45, 7) is 7.94. The molecule has 1 amide bonds. The Labute approximate surface area is 168 Å². The molecule has 1 N–H and O–H groups in total. The minimum atomic E-state index is -0.597. The van der Waals surface area contributed by atoms with E-state index in [4.69, 9.17) is 9.47 Å². The first-order chi connectivity index (χ1) is 13.4. The first-order valence-corrected chi connectivity index (χ1v) is 9.66. The van der Waals surface area contributed by atoms with Gasteiger partial charge in [-0.1, -0.05) is 18.2 Å². The van der Waals surface area contributed by atoms with Crippen LogP contribution in [0.3, 0.4) is 0 Å². The summed E-state index contributed by atoms with van der Waals surface area (Å²) in [5.74, 6) is -0.509. The minimum absolute atomic E-state index is 0.0920. The average Bonchev–Trinajstić information content (AvgIpc) is 2.94. The molecule has 0 bridgehead atoms. The van der Waals surface area contributed by atoms with Crippen LogP contribution in [0, 0.1) is 25.2 Å². The molecule has 0 aliphatic carbocycles. The van der Waals surface area contributed by atoms with Crippen molar-refractivity contribution in [3.8, 4) is 11.8 Å². The number of hydrogen-bond donors (Lipinski definition) is 1. The topological polar surface area (TPSA) is 88.4 Å². The second-order valence-electron chi connectivity index (χ2n) is 5.80. The number of nitriles is 1. The normalized spacial score (nSPS) is 10.9. The molecule has 146 valence electrons. The Morgan fingerprint density at radius 3 is 2.57 bits per heavy atom. The first-order valence-electron chi connectivity index (χ1n) is 8.84. The lowest BCUT2D eigenvalue weighted by molar-refractivity contribution is -0.112. The lowest BCUT2D eigenvalue weighted by Gasteiger charge is -2.08. The lowest BCUT2D eigenvalue weighted by Crippen LogP contribution is -2.16. The molecule has 2 rings (SSSR count). The van der Waals surface area contributed by atoms with E-state index < -0.39 is 11.9 Å². The fourth-order valence-electron chi connectivity index (χ4n) is 2.53. The Kier molecular flexibility index (Phi) is 7.36. The molecular weight excluding hydrogens is 376 g/mol. The van der Waals surface area contributed by atoms with E-state index in [1.54, 1.807) is 32.0 Å². The number of benzene rings is 1. The Balaban J connectivity index is 2.35. The molecule has 1 aromatic carbocycles. The Hall–Kier alpha value is -3.11. The number of carbonyl (C=O) groups is 2. The van der Waals surface area contributed by atoms with Crippen LogP contribution in [0.4, 0.5) is 5.00 Å². The average molecular weight is 398 g/mol. The molecule has 28 heavy (non-hydrogen) atoms. The summed E-state index contributed by atoms with van der Waals surface area (Å²) in [6, 6.07) is 9.07. The summed E-state index contributed by atoms with van der Waals surface area (Å²) in [6.07, 6.45) is 1.47. The second kappa shape index (κ2) is 9.72. The second-order valence-corrected chi connectivity index (χ2v) is 7.03. The number of thiophene rings is 1. The number of amides is 1. The smallest absolute Gasteiger partial charge is 0.341 e. The zero-order valence-electron chi connectivity index (χ0n) is 16.3. The highest BCUT2D eigenvalue weighted by atomic mass is 32.1. The summed E-state index contributed by atoms with van der Waals surface area (Å²) in [5, 5.41) is 12.5. The molecule has 7 heteroatoms. The number of para-hydroxylation sites is 1. The number of aryl methyl sites for hydroxylation is 1. The van der Waals surface area contributed by atoms with Gasteiger partial charge >= 0.3 is 5.97 Å². The predicted molar refractivity (Wildman–Crippen MR) is 110 cm³/mol. The first kappa shape index (κ1) is 21.2. The van der Waals surface area contributed by atoms with E-state index in [0.29, 0.717) is 28.5 Å². The van der Waals surface area contributed by atoms with Crippen molar-refractivity contribution in [2.45, 2.75) is 27.7 Å². The number of nitrogens with one attached hydrogen (secondary N) is 1. The fourth-order valence-corrected chi connectivity index (χ4v) is 3.57. The van der Waals surface area contributed by atoms with Crippen LogP contribution in [0.15, 0.2) is 29.8 Å². The third-order valence-corrected chi connectivity index (χ3v) is 5.10. The monoisotopic (exact) mass is 398 g/mol. The number of carbonyl (C=O) groups excluding carboxylic acids is 2. The van der Waals surface area contributed by atoms with Gasteiger partial charge in [-0.15, -0.1) is 11.3 Å². The molecule has 0 saturated heterocycles. The van der Waals surface area contributed by atoms with Crippen LogP contribution in [0.25, 0.3) is 6.08 Å². The number of rotatable bonds is 7. The molecule has 0 unspecified atom stereocenters. The van der Waals surface area contributed by atoms with Gasteiger partial charge in [-0.05, 0) is 45.4 Å². The number of esters is 1. The largest absolute Gasteiger partial charge is 0.493 e. The summed E-state index contributed by atoms with van der Waals surface area (Å²) in [7, 11) is 0. The molecule has 0 saturated carbocycles. The van der Waals surface area contributed by atoms with Gasteiger partial charge in [-0.3, -0.25) is 4.79 Å². The molecule has 1 aromatic heterocycles. The minimum Gasteiger partial charge on any atom is -0.493 e. The van der Waals surface area contributed by atoms with Crippen molar-refractivity contribution in [1.82, 2.24) is 0 Å². The van der Waals surface area contributed by atoms with Gasteiger partial charge in [0, 0.05) is 10.4 Å². The molecule has 2 aromatic rings. The molecular formula is C21H22N2O4S. The number of hydrogen-bond acceptors (Lipinski definition) is 6. The molecule has 0 radical (unpaired) electrons. The fraction of sp³-hybridized carbons (Fsp3) is 0.286. The van der Waals surface area contributed by atoms with Crippen molar-refractivity contribution >= 4 is 34.3 Å². The van der Waals surface area contributed by atoms with Gasteiger partial charge < -0.3 is 14.8 Å². The standard InChI is InChI=1S/C21H22N2O4S/c1-5-26-17-10-8-7-9-15(17)11-16(12-22)19(24)23-20-18(21(25)27-6-2)13(3)14(4)28-20/h7-11H,5-6H2,1-4H3,(H,23,24)/b16-11+. The Morgan fingerprint density at radius 1 is 1.21 bits per heavy atom. The number of ether oxygens (including phenoxy) is 2. The van der Waals surface area contributed by atoms with Crippen molar-refractivity contribution in [3.63, 3.8) is 0 Å². The van der Waals surface area contributed by atoms with Crippen LogP contribution in [-0.4, -0.2) is 25.1 Å². The summed E-state index contributed by atoms with van der Waals surface area (Å²) >= 11 is 1.27. The van der Waals surface area contributed by atoms with E-state index in [1.165, 1.54) is 17.4 Å². The molecule has 0 spiro atoms. The van der Waals surface area contributed by atoms with Crippen LogP contribution in [0.5, 0.6) is 5.75 Å². The lowest BCUT2D eigenvalue weighted by atomic mass is 10.1. The van der Waals surface area contributed by atoms with Crippen LogP contribution in [-0.2, 0) is 9.53 Å². The molecule has 0 aliphatic heterocycles. The number of nitrogens with zero attached hydrogens (tertiary/aromatic N) is 1. The highest BCUT2D eigenvalue weighted by Crippen LogP contribution is 2.33. The van der Waals surface area contributed by atoms with Crippen molar-refractivity contribution in [2.24, 2.45) is 0 Å². The van der Waals surface area contributed by atoms with Crippen molar-refractivity contribution in [1.29, 1.82) is 5.26 Å². The highest BCUT2D eigenvalue weighted by Gasteiger charge is 2.23. The third-order valence-electron chi connectivity index (χ3n) is 3.98. The van der Waals surface area contributed by atoms with E-state index in [9.17, 15) is 14.9 Å². The van der Waals surface area contributed by atoms with Gasteiger partial charge in [-0.2, -0.15) is 5.26 Å². The highest BCUT2D eigenvalue weighted by molar-refractivity contribution is 7.16. The van der Waals surface area contributed by atoms with Crippen molar-refractivity contribution < 1.29 is 19.1 Å². The Bertz CT molecular complexity index is 954. The molecule has 1 heterocycles. The SMILES string of the molecule is CCOC(=O)c1c(NC(=O)/C(C#N)=C/c2ccccc2OCC)sc(C)c1C. The molecule has 0 atom stereocenters. The van der Waals surface area contributed by atoms with Gasteiger partial charge in [-0.25, -0.2) is 4.79 Å². The zero-order valence-corrected chi connectivity index (χ0v) is 17.1. The van der Waals surface area contributed by atoms with Crippen LogP contribution >= 0.6 is 11.3 Å². The van der Waals surface area contributed by atoms with Gasteiger partial charge in [0.15, 0.2) is 0 Å². The maximum atomic E-state index is 12.7. The van der Waals surface area contributed by atoms with E-state index >= 15 is 0 Å². The van der Waals surface area contributed by atoms with Gasteiger partial charge in [0.2, 0.25) is 0 Å². The Morgan fingerprint density at radius 2 is 1.93 bits per heavy atom. The molecule has 0 aliphatic rings.